The summed E-state index contributed by atoms with van der Waals surface area (Å²) in [6.45, 7) is 0. The van der Waals surface area contributed by atoms with E-state index in [1.165, 1.54) is 29.6 Å². The van der Waals surface area contributed by atoms with Crippen molar-refractivity contribution in [3.8, 4) is 5.69 Å². The smallest absolute Gasteiger partial charge is 0.326 e. The third-order valence-electron chi connectivity index (χ3n) is 5.00. The van der Waals surface area contributed by atoms with Crippen LogP contribution in [0, 0.1) is 16.4 Å². The second-order valence-corrected chi connectivity index (χ2v) is 7.29. The van der Waals surface area contributed by atoms with Gasteiger partial charge in [-0.05, 0) is 36.5 Å². The predicted molar refractivity (Wildman–Crippen MR) is 107 cm³/mol. The number of anilines is 1. The summed E-state index contributed by atoms with van der Waals surface area (Å²) in [7, 11) is 0. The first-order valence-electron chi connectivity index (χ1n) is 9.09. The van der Waals surface area contributed by atoms with Crippen molar-refractivity contribution in [3.05, 3.63) is 86.4 Å². The third-order valence-corrected chi connectivity index (χ3v) is 5.28. The summed E-state index contributed by atoms with van der Waals surface area (Å²) in [5.41, 5.74) is -7.80. The number of nitrogens with zero attached hydrogens (tertiary/aromatic N) is 1. The molecule has 0 saturated carbocycles. The lowest BCUT2D eigenvalue weighted by Crippen LogP contribution is -2.61. The van der Waals surface area contributed by atoms with E-state index in [-0.39, 0.29) is 5.69 Å². The maximum Gasteiger partial charge on any atom is 0.425 e. The van der Waals surface area contributed by atoms with E-state index in [0.717, 1.165) is 24.3 Å². The number of rotatable bonds is 3. The van der Waals surface area contributed by atoms with Crippen LogP contribution in [0.15, 0.2) is 53.3 Å². The van der Waals surface area contributed by atoms with Crippen molar-refractivity contribution < 1.29 is 31.5 Å². The first kappa shape index (κ1) is 22.3. The molecule has 0 spiro atoms. The van der Waals surface area contributed by atoms with Crippen LogP contribution in [-0.2, 0) is 10.3 Å². The summed E-state index contributed by atoms with van der Waals surface area (Å²) < 4.78 is 71.8. The summed E-state index contributed by atoms with van der Waals surface area (Å²) in [6, 6.07) is 8.94. The zero-order chi connectivity index (χ0) is 24.1. The van der Waals surface area contributed by atoms with Crippen LogP contribution >= 0.6 is 12.2 Å². The van der Waals surface area contributed by atoms with Crippen molar-refractivity contribution in [1.82, 2.24) is 14.9 Å². The lowest BCUT2D eigenvalue weighted by molar-refractivity contribution is -0.196. The Morgan fingerprint density at radius 2 is 1.61 bits per heavy atom. The number of alkyl halides is 3. The predicted octanol–water partition coefficient (Wildman–Crippen LogP) is 3.31. The molecule has 3 aromatic rings. The largest absolute Gasteiger partial charge is 0.425 e. The van der Waals surface area contributed by atoms with Crippen LogP contribution in [0.5, 0.6) is 0 Å². The second kappa shape index (κ2) is 7.62. The Morgan fingerprint density at radius 3 is 2.21 bits per heavy atom. The number of hydrogen-bond donors (Lipinski definition) is 3. The minimum atomic E-state index is -5.56. The molecule has 3 N–H and O–H groups in total. The lowest BCUT2D eigenvalue weighted by Gasteiger charge is -2.30. The minimum absolute atomic E-state index is 0.367. The van der Waals surface area contributed by atoms with Gasteiger partial charge in [-0.25, -0.2) is 8.78 Å². The summed E-state index contributed by atoms with van der Waals surface area (Å²) >= 11 is 4.98. The van der Waals surface area contributed by atoms with Gasteiger partial charge in [0.25, 0.3) is 22.9 Å². The highest BCUT2D eigenvalue weighted by Gasteiger charge is 2.68. The summed E-state index contributed by atoms with van der Waals surface area (Å²) in [4.78, 5) is 40.0. The monoisotopic (exact) mass is 482 g/mol. The molecule has 0 fully saturated rings. The Kier molecular flexibility index (Phi) is 5.16. The molecule has 0 unspecified atom stereocenters. The van der Waals surface area contributed by atoms with Crippen LogP contribution in [0.1, 0.15) is 15.9 Å². The van der Waals surface area contributed by atoms with Gasteiger partial charge in [0, 0.05) is 0 Å². The Balaban J connectivity index is 2.01. The average molecular weight is 482 g/mol. The highest BCUT2D eigenvalue weighted by molar-refractivity contribution is 7.71. The first-order chi connectivity index (χ1) is 15.5. The molecule has 1 aromatic heterocycles. The molecule has 0 saturated heterocycles. The lowest BCUT2D eigenvalue weighted by atomic mass is 9.91. The second-order valence-electron chi connectivity index (χ2n) is 6.91. The van der Waals surface area contributed by atoms with E-state index in [4.69, 9.17) is 12.2 Å². The Morgan fingerprint density at radius 1 is 1.00 bits per heavy atom. The van der Waals surface area contributed by atoms with Gasteiger partial charge in [0.05, 0.1) is 11.3 Å². The Hall–Kier alpha value is -3.87. The standard InChI is InChI=1S/C20H11F5N4O3S/c21-10-6-2-1-5-9(10)15(30)28-19(20(23,24)25)13-14(26-17(19)32)29(18(33)27-16(13)31)12-8-4-3-7-11(12)22/h1-8H,(H,26,32)(H,28,30)(H,27,31,33)/t19-/m1/s1. The van der Waals surface area contributed by atoms with Crippen molar-refractivity contribution in [2.75, 3.05) is 5.32 Å². The van der Waals surface area contributed by atoms with Crippen LogP contribution in [0.25, 0.3) is 5.69 Å². The maximum atomic E-state index is 14.4. The number of carbonyl (C=O) groups is 2. The summed E-state index contributed by atoms with van der Waals surface area (Å²) in [6.07, 6.45) is -5.56. The number of hydrogen-bond acceptors (Lipinski definition) is 4. The molecule has 2 heterocycles. The highest BCUT2D eigenvalue weighted by atomic mass is 32.1. The topological polar surface area (TPSA) is 96.0 Å². The van der Waals surface area contributed by atoms with E-state index in [1.807, 2.05) is 10.3 Å². The molecule has 1 atom stereocenters. The quantitative estimate of drug-likeness (QED) is 0.394. The van der Waals surface area contributed by atoms with E-state index >= 15 is 0 Å². The van der Waals surface area contributed by atoms with E-state index < -0.39 is 62.4 Å². The molecule has 7 nitrogen and oxygen atoms in total. The fourth-order valence-electron chi connectivity index (χ4n) is 3.52. The van der Waals surface area contributed by atoms with E-state index in [0.29, 0.717) is 4.57 Å². The van der Waals surface area contributed by atoms with Crippen LogP contribution < -0.4 is 16.2 Å². The molecule has 170 valence electrons. The van der Waals surface area contributed by atoms with Gasteiger partial charge in [-0.2, -0.15) is 13.2 Å². The molecular formula is C20H11F5N4O3S. The molecule has 1 aliphatic heterocycles. The van der Waals surface area contributed by atoms with Gasteiger partial charge >= 0.3 is 6.18 Å². The zero-order valence-electron chi connectivity index (χ0n) is 16.1. The van der Waals surface area contributed by atoms with Gasteiger partial charge in [0.1, 0.15) is 23.0 Å². The van der Waals surface area contributed by atoms with Crippen LogP contribution in [0.3, 0.4) is 0 Å². The number of benzene rings is 2. The highest BCUT2D eigenvalue weighted by Crippen LogP contribution is 2.46. The number of nitrogens with one attached hydrogen (secondary N) is 3. The van der Waals surface area contributed by atoms with Crippen molar-refractivity contribution in [2.24, 2.45) is 0 Å². The van der Waals surface area contributed by atoms with Gasteiger partial charge < -0.3 is 10.6 Å². The molecular weight excluding hydrogens is 471 g/mol. The first-order valence-corrected chi connectivity index (χ1v) is 9.50. The van der Waals surface area contributed by atoms with Crippen molar-refractivity contribution in [1.29, 1.82) is 0 Å². The molecule has 2 aromatic carbocycles. The molecule has 0 aliphatic carbocycles. The molecule has 0 radical (unpaired) electrons. The van der Waals surface area contributed by atoms with Crippen LogP contribution in [0.4, 0.5) is 27.8 Å². The number of para-hydroxylation sites is 1. The van der Waals surface area contributed by atoms with Crippen molar-refractivity contribution in [3.63, 3.8) is 0 Å². The molecule has 0 bridgehead atoms. The normalized spacial score (nSPS) is 17.4. The summed E-state index contributed by atoms with van der Waals surface area (Å²) in [5.74, 6) is -6.32. The van der Waals surface area contributed by atoms with E-state index in [2.05, 4.69) is 0 Å². The van der Waals surface area contributed by atoms with Gasteiger partial charge in [-0.1, -0.05) is 24.3 Å². The SMILES string of the molecule is O=C(N[C@@]1(C(F)(F)F)C(=O)Nc2c1c(=O)[nH]c(=S)n2-c1ccccc1F)c1ccccc1F. The Labute approximate surface area is 185 Å². The molecule has 4 rings (SSSR count). The van der Waals surface area contributed by atoms with Gasteiger partial charge in [0.15, 0.2) is 4.77 Å². The average Bonchev–Trinajstić information content (AvgIpc) is 3.02. The van der Waals surface area contributed by atoms with Crippen molar-refractivity contribution >= 4 is 29.9 Å². The van der Waals surface area contributed by atoms with Gasteiger partial charge in [0.2, 0.25) is 0 Å². The number of carbonyl (C=O) groups excluding carboxylic acids is 2. The van der Waals surface area contributed by atoms with Gasteiger partial charge in [-0.3, -0.25) is 23.9 Å². The summed E-state index contributed by atoms with van der Waals surface area (Å²) in [5, 5.41) is 3.36. The third kappa shape index (κ3) is 3.31. The molecule has 33 heavy (non-hydrogen) atoms. The zero-order valence-corrected chi connectivity index (χ0v) is 16.9. The number of amides is 2. The number of H-pyrrole nitrogens is 1. The maximum absolute atomic E-state index is 14.4. The van der Waals surface area contributed by atoms with E-state index in [9.17, 15) is 36.3 Å². The van der Waals surface area contributed by atoms with Gasteiger partial charge in [-0.15, -0.1) is 0 Å². The van der Waals surface area contributed by atoms with Crippen molar-refractivity contribution in [2.45, 2.75) is 11.7 Å². The fraction of sp³-hybridized carbons (Fsp3) is 0.100. The van der Waals surface area contributed by atoms with Crippen LogP contribution in [-0.4, -0.2) is 27.5 Å². The Bertz CT molecular complexity index is 1430. The van der Waals surface area contributed by atoms with Crippen LogP contribution in [0.2, 0.25) is 0 Å². The number of aromatic amines is 1. The molecule has 1 aliphatic rings. The number of fused-ring (bicyclic) bond motifs is 1. The fourth-order valence-corrected chi connectivity index (χ4v) is 3.81. The molecule has 2 amide bonds. The number of aromatic nitrogens is 2. The van der Waals surface area contributed by atoms with E-state index in [1.54, 1.807) is 0 Å². The molecule has 13 heteroatoms. The minimum Gasteiger partial charge on any atom is -0.326 e. The number of halogens is 5.